The van der Waals surface area contributed by atoms with Crippen LogP contribution in [0.4, 0.5) is 0 Å². The van der Waals surface area contributed by atoms with Crippen LogP contribution in [-0.2, 0) is 0 Å². The van der Waals surface area contributed by atoms with E-state index in [-0.39, 0.29) is 11.9 Å². The Labute approximate surface area is 176 Å². The van der Waals surface area contributed by atoms with Crippen LogP contribution in [-0.4, -0.2) is 42.5 Å². The number of aromatic nitrogens is 1. The second-order valence-electron chi connectivity index (χ2n) is 7.61. The first kappa shape index (κ1) is 20.2. The van der Waals surface area contributed by atoms with E-state index in [1.807, 2.05) is 55.5 Å². The summed E-state index contributed by atoms with van der Waals surface area (Å²) < 4.78 is 10.7. The zero-order valence-corrected chi connectivity index (χ0v) is 17.4. The highest BCUT2D eigenvalue weighted by atomic mass is 16.5. The molecular formula is C24H27N3O3. The Bertz CT molecular complexity index is 977. The maximum absolute atomic E-state index is 13.1. The molecule has 1 N–H and O–H groups in total. The second-order valence-corrected chi connectivity index (χ2v) is 7.61. The van der Waals surface area contributed by atoms with Gasteiger partial charge in [0.2, 0.25) is 0 Å². The number of carbonyl (C=O) groups is 1. The van der Waals surface area contributed by atoms with E-state index in [1.165, 1.54) is 12.8 Å². The molecule has 0 saturated carbocycles. The highest BCUT2D eigenvalue weighted by Crippen LogP contribution is 2.23. The summed E-state index contributed by atoms with van der Waals surface area (Å²) in [5, 5.41) is 3.22. The Hall–Kier alpha value is -3.12. The molecule has 0 bridgehead atoms. The fourth-order valence-corrected chi connectivity index (χ4v) is 3.89. The maximum Gasteiger partial charge on any atom is 0.253 e. The Morgan fingerprint density at radius 2 is 1.93 bits per heavy atom. The first-order valence-electron chi connectivity index (χ1n) is 10.3. The summed E-state index contributed by atoms with van der Waals surface area (Å²) in [5.41, 5.74) is 3.04. The van der Waals surface area contributed by atoms with Gasteiger partial charge in [-0.25, -0.2) is 4.98 Å². The fraction of sp³-hybridized carbons (Fsp3) is 0.333. The first-order chi connectivity index (χ1) is 14.6. The van der Waals surface area contributed by atoms with Crippen molar-refractivity contribution in [1.29, 1.82) is 0 Å². The summed E-state index contributed by atoms with van der Waals surface area (Å²) in [6.45, 7) is 4.78. The Morgan fingerprint density at radius 3 is 2.57 bits per heavy atom. The number of nitrogens with zero attached hydrogens (tertiary/aromatic N) is 2. The van der Waals surface area contributed by atoms with E-state index < -0.39 is 0 Å². The summed E-state index contributed by atoms with van der Waals surface area (Å²) in [7, 11) is 1.65. The molecule has 3 heterocycles. The highest BCUT2D eigenvalue weighted by molar-refractivity contribution is 5.95. The smallest absolute Gasteiger partial charge is 0.253 e. The lowest BCUT2D eigenvalue weighted by Crippen LogP contribution is -2.37. The van der Waals surface area contributed by atoms with Gasteiger partial charge in [0.1, 0.15) is 11.4 Å². The van der Waals surface area contributed by atoms with E-state index in [0.717, 1.165) is 36.6 Å². The summed E-state index contributed by atoms with van der Waals surface area (Å²) in [6.07, 6.45) is 4.03. The number of likely N-dealkylation sites (tertiary alicyclic amines) is 1. The highest BCUT2D eigenvalue weighted by Gasteiger charge is 2.22. The molecule has 2 aromatic heterocycles. The van der Waals surface area contributed by atoms with Crippen LogP contribution in [0, 0.1) is 6.92 Å². The molecule has 1 fully saturated rings. The molecule has 156 valence electrons. The minimum Gasteiger partial charge on any atom is -0.497 e. The predicted molar refractivity (Wildman–Crippen MR) is 116 cm³/mol. The second kappa shape index (κ2) is 9.13. The largest absolute Gasteiger partial charge is 0.497 e. The zero-order valence-electron chi connectivity index (χ0n) is 17.4. The topological polar surface area (TPSA) is 67.6 Å². The van der Waals surface area contributed by atoms with Gasteiger partial charge in [-0.2, -0.15) is 0 Å². The molecule has 0 spiro atoms. The van der Waals surface area contributed by atoms with Crippen molar-refractivity contribution < 1.29 is 13.9 Å². The lowest BCUT2D eigenvalue weighted by atomic mass is 10.0. The SMILES string of the molecule is COc1ccc([C@H](CN2CCCC2)NC(=O)c2ccc(-c3ccco3)nc2C)cc1. The number of carbonyl (C=O) groups excluding carboxylic acids is 1. The van der Waals surface area contributed by atoms with Crippen LogP contribution < -0.4 is 10.1 Å². The van der Waals surface area contributed by atoms with Crippen LogP contribution in [0.25, 0.3) is 11.5 Å². The molecule has 1 amide bonds. The molecule has 6 nitrogen and oxygen atoms in total. The number of aryl methyl sites for hydroxylation is 1. The molecular weight excluding hydrogens is 378 g/mol. The van der Waals surface area contributed by atoms with Gasteiger partial charge in [0.15, 0.2) is 5.76 Å². The molecule has 4 rings (SSSR count). The van der Waals surface area contributed by atoms with Crippen molar-refractivity contribution in [1.82, 2.24) is 15.2 Å². The van der Waals surface area contributed by atoms with E-state index >= 15 is 0 Å². The summed E-state index contributed by atoms with van der Waals surface area (Å²) in [4.78, 5) is 20.1. The molecule has 1 aromatic carbocycles. The molecule has 1 atom stereocenters. The minimum atomic E-state index is -0.119. The van der Waals surface area contributed by atoms with E-state index in [1.54, 1.807) is 13.4 Å². The predicted octanol–water partition coefficient (Wildman–Crippen LogP) is 4.23. The third-order valence-corrected chi connectivity index (χ3v) is 5.57. The quantitative estimate of drug-likeness (QED) is 0.637. The molecule has 6 heteroatoms. The monoisotopic (exact) mass is 405 g/mol. The molecule has 1 saturated heterocycles. The van der Waals surface area contributed by atoms with Gasteiger partial charge in [0.05, 0.1) is 30.7 Å². The van der Waals surface area contributed by atoms with Gasteiger partial charge in [0, 0.05) is 6.54 Å². The van der Waals surface area contributed by atoms with Gasteiger partial charge in [-0.3, -0.25) is 4.79 Å². The van der Waals surface area contributed by atoms with Crippen molar-refractivity contribution in [2.24, 2.45) is 0 Å². The molecule has 0 aliphatic carbocycles. The van der Waals surface area contributed by atoms with Crippen molar-refractivity contribution in [2.75, 3.05) is 26.7 Å². The Balaban J connectivity index is 1.54. The van der Waals surface area contributed by atoms with Gasteiger partial charge in [-0.05, 0) is 74.8 Å². The summed E-state index contributed by atoms with van der Waals surface area (Å²) >= 11 is 0. The number of hydrogen-bond donors (Lipinski definition) is 1. The zero-order chi connectivity index (χ0) is 20.9. The first-order valence-corrected chi connectivity index (χ1v) is 10.3. The number of furan rings is 1. The molecule has 0 radical (unpaired) electrons. The summed E-state index contributed by atoms with van der Waals surface area (Å²) in [5.74, 6) is 1.37. The average Bonchev–Trinajstić information content (AvgIpc) is 3.47. The number of ether oxygens (including phenoxy) is 1. The number of methoxy groups -OCH3 is 1. The van der Waals surface area contributed by atoms with Gasteiger partial charge in [-0.15, -0.1) is 0 Å². The van der Waals surface area contributed by atoms with Gasteiger partial charge >= 0.3 is 0 Å². The van der Waals surface area contributed by atoms with Crippen molar-refractivity contribution in [3.8, 4) is 17.2 Å². The number of benzene rings is 1. The average molecular weight is 405 g/mol. The van der Waals surface area contributed by atoms with Crippen molar-refractivity contribution in [3.05, 3.63) is 71.6 Å². The van der Waals surface area contributed by atoms with Crippen molar-refractivity contribution >= 4 is 5.91 Å². The summed E-state index contributed by atoms with van der Waals surface area (Å²) in [6, 6.07) is 15.1. The van der Waals surface area contributed by atoms with Crippen molar-refractivity contribution in [3.63, 3.8) is 0 Å². The molecule has 30 heavy (non-hydrogen) atoms. The van der Waals surface area contributed by atoms with Gasteiger partial charge in [0.25, 0.3) is 5.91 Å². The van der Waals surface area contributed by atoms with E-state index in [2.05, 4.69) is 15.2 Å². The van der Waals surface area contributed by atoms with E-state index in [0.29, 0.717) is 17.0 Å². The maximum atomic E-state index is 13.1. The van der Waals surface area contributed by atoms with E-state index in [4.69, 9.17) is 9.15 Å². The molecule has 3 aromatic rings. The van der Waals surface area contributed by atoms with Crippen LogP contribution in [0.5, 0.6) is 5.75 Å². The standard InChI is InChI=1S/C24H27N3O3/c1-17-20(11-12-21(25-17)23-6-5-15-30-23)24(28)26-22(16-27-13-3-4-14-27)18-7-9-19(29-2)10-8-18/h5-12,15,22H,3-4,13-14,16H2,1-2H3,(H,26,28)/t22-/m0/s1. The Morgan fingerprint density at radius 1 is 1.17 bits per heavy atom. The molecule has 0 unspecified atom stereocenters. The lowest BCUT2D eigenvalue weighted by Gasteiger charge is -2.25. The third-order valence-electron chi connectivity index (χ3n) is 5.57. The number of pyridine rings is 1. The number of amides is 1. The third kappa shape index (κ3) is 4.54. The minimum absolute atomic E-state index is 0.106. The fourth-order valence-electron chi connectivity index (χ4n) is 3.89. The lowest BCUT2D eigenvalue weighted by molar-refractivity contribution is 0.0926. The molecule has 1 aliphatic rings. The van der Waals surface area contributed by atoms with Crippen LogP contribution in [0.1, 0.15) is 40.5 Å². The number of hydrogen-bond acceptors (Lipinski definition) is 5. The van der Waals surface area contributed by atoms with Crippen molar-refractivity contribution in [2.45, 2.75) is 25.8 Å². The van der Waals surface area contributed by atoms with Crippen LogP contribution >= 0.6 is 0 Å². The number of rotatable bonds is 7. The van der Waals surface area contributed by atoms with Gasteiger partial charge in [-0.1, -0.05) is 12.1 Å². The Kier molecular flexibility index (Phi) is 6.14. The van der Waals surface area contributed by atoms with Crippen LogP contribution in [0.3, 0.4) is 0 Å². The van der Waals surface area contributed by atoms with Crippen LogP contribution in [0.15, 0.2) is 59.2 Å². The molecule has 1 aliphatic heterocycles. The number of nitrogens with one attached hydrogen (secondary N) is 1. The normalized spacial score (nSPS) is 15.1. The van der Waals surface area contributed by atoms with E-state index in [9.17, 15) is 4.79 Å². The van der Waals surface area contributed by atoms with Crippen LogP contribution in [0.2, 0.25) is 0 Å². The van der Waals surface area contributed by atoms with Gasteiger partial charge < -0.3 is 19.4 Å².